The van der Waals surface area contributed by atoms with E-state index in [1.54, 1.807) is 0 Å². The highest BCUT2D eigenvalue weighted by molar-refractivity contribution is 5.69. The van der Waals surface area contributed by atoms with E-state index in [0.717, 1.165) is 18.4 Å². The largest absolute Gasteiger partial charge is 0.469 e. The average Bonchev–Trinajstić information content (AvgIpc) is 2.35. The van der Waals surface area contributed by atoms with Gasteiger partial charge >= 0.3 is 5.97 Å². The van der Waals surface area contributed by atoms with Gasteiger partial charge in [0.05, 0.1) is 7.11 Å². The van der Waals surface area contributed by atoms with Crippen molar-refractivity contribution in [3.8, 4) is 0 Å². The van der Waals surface area contributed by atoms with Gasteiger partial charge in [0.2, 0.25) is 0 Å². The molecular formula is C13H23NO2. The number of rotatable bonds is 3. The van der Waals surface area contributed by atoms with E-state index in [1.807, 2.05) is 0 Å². The second-order valence-corrected chi connectivity index (χ2v) is 5.12. The Morgan fingerprint density at radius 1 is 1.25 bits per heavy atom. The van der Waals surface area contributed by atoms with E-state index in [-0.39, 0.29) is 5.97 Å². The summed E-state index contributed by atoms with van der Waals surface area (Å²) in [5.74, 6) is 0.682. The molecule has 0 N–H and O–H groups in total. The quantitative estimate of drug-likeness (QED) is 0.690. The molecule has 0 aliphatic carbocycles. The van der Waals surface area contributed by atoms with Crippen LogP contribution in [0.15, 0.2) is 0 Å². The van der Waals surface area contributed by atoms with E-state index < -0.39 is 0 Å². The lowest BCUT2D eigenvalue weighted by Gasteiger charge is -2.44. The third-order valence-corrected chi connectivity index (χ3v) is 4.18. The highest BCUT2D eigenvalue weighted by Crippen LogP contribution is 2.33. The SMILES string of the molecule is COC(=O)CC[C@@H]1CCCN2CCCC[C@H]12. The molecule has 0 amide bonds. The average molecular weight is 225 g/mol. The summed E-state index contributed by atoms with van der Waals surface area (Å²) in [5.41, 5.74) is 0. The predicted molar refractivity (Wildman–Crippen MR) is 63.2 cm³/mol. The van der Waals surface area contributed by atoms with Gasteiger partial charge in [0, 0.05) is 12.5 Å². The Morgan fingerprint density at radius 3 is 2.88 bits per heavy atom. The number of ether oxygens (including phenoxy) is 1. The number of carbonyl (C=O) groups is 1. The van der Waals surface area contributed by atoms with Crippen molar-refractivity contribution in [2.24, 2.45) is 5.92 Å². The van der Waals surface area contributed by atoms with Crippen molar-refractivity contribution in [1.29, 1.82) is 0 Å². The molecule has 0 radical (unpaired) electrons. The number of carbonyl (C=O) groups excluding carboxylic acids is 1. The van der Waals surface area contributed by atoms with Gasteiger partial charge in [0.1, 0.15) is 0 Å². The molecule has 0 aromatic heterocycles. The fourth-order valence-electron chi connectivity index (χ4n) is 3.32. The molecule has 0 aromatic rings. The molecular weight excluding hydrogens is 202 g/mol. The van der Waals surface area contributed by atoms with E-state index in [0.29, 0.717) is 6.42 Å². The molecule has 0 saturated carbocycles. The zero-order chi connectivity index (χ0) is 11.4. The van der Waals surface area contributed by atoms with Crippen molar-refractivity contribution >= 4 is 5.97 Å². The van der Waals surface area contributed by atoms with E-state index in [1.165, 1.54) is 52.3 Å². The summed E-state index contributed by atoms with van der Waals surface area (Å²) >= 11 is 0. The number of hydrogen-bond donors (Lipinski definition) is 0. The summed E-state index contributed by atoms with van der Waals surface area (Å²) in [7, 11) is 1.48. The molecule has 2 saturated heterocycles. The fourth-order valence-corrected chi connectivity index (χ4v) is 3.32. The van der Waals surface area contributed by atoms with Crippen LogP contribution in [0, 0.1) is 5.92 Å². The predicted octanol–water partition coefficient (Wildman–Crippen LogP) is 2.20. The zero-order valence-electron chi connectivity index (χ0n) is 10.3. The number of hydrogen-bond acceptors (Lipinski definition) is 3. The van der Waals surface area contributed by atoms with Crippen LogP contribution >= 0.6 is 0 Å². The van der Waals surface area contributed by atoms with Gasteiger partial charge in [-0.25, -0.2) is 0 Å². The third-order valence-electron chi connectivity index (χ3n) is 4.18. The highest BCUT2D eigenvalue weighted by Gasteiger charge is 2.32. The van der Waals surface area contributed by atoms with Gasteiger partial charge in [0.15, 0.2) is 0 Å². The van der Waals surface area contributed by atoms with Gasteiger partial charge in [-0.1, -0.05) is 6.42 Å². The Balaban J connectivity index is 1.85. The minimum Gasteiger partial charge on any atom is -0.469 e. The van der Waals surface area contributed by atoms with Gasteiger partial charge < -0.3 is 9.64 Å². The van der Waals surface area contributed by atoms with Crippen LogP contribution in [0.2, 0.25) is 0 Å². The number of piperidine rings is 2. The van der Waals surface area contributed by atoms with Crippen LogP contribution in [0.25, 0.3) is 0 Å². The normalized spacial score (nSPS) is 30.8. The van der Waals surface area contributed by atoms with E-state index in [4.69, 9.17) is 4.74 Å². The van der Waals surface area contributed by atoms with Gasteiger partial charge in [0.25, 0.3) is 0 Å². The van der Waals surface area contributed by atoms with Crippen molar-refractivity contribution in [2.75, 3.05) is 20.2 Å². The van der Waals surface area contributed by atoms with Gasteiger partial charge in [-0.2, -0.15) is 0 Å². The lowest BCUT2D eigenvalue weighted by molar-refractivity contribution is -0.141. The molecule has 2 aliphatic rings. The van der Waals surface area contributed by atoms with Crippen molar-refractivity contribution in [3.05, 3.63) is 0 Å². The van der Waals surface area contributed by atoms with E-state index in [2.05, 4.69) is 4.90 Å². The fraction of sp³-hybridized carbons (Fsp3) is 0.923. The monoisotopic (exact) mass is 225 g/mol. The Labute approximate surface area is 98.1 Å². The first kappa shape index (κ1) is 11.9. The standard InChI is InChI=1S/C13H23NO2/c1-16-13(15)8-7-11-5-4-10-14-9-3-2-6-12(11)14/h11-12H,2-10H2,1H3/t11-,12+/m0/s1. The topological polar surface area (TPSA) is 29.5 Å². The first-order valence-corrected chi connectivity index (χ1v) is 6.62. The van der Waals surface area contributed by atoms with Crippen LogP contribution in [0.4, 0.5) is 0 Å². The number of esters is 1. The van der Waals surface area contributed by atoms with Crippen LogP contribution in [-0.2, 0) is 9.53 Å². The van der Waals surface area contributed by atoms with Crippen molar-refractivity contribution in [3.63, 3.8) is 0 Å². The summed E-state index contributed by atoms with van der Waals surface area (Å²) in [6, 6.07) is 0.757. The van der Waals surface area contributed by atoms with Gasteiger partial charge in [-0.3, -0.25) is 4.79 Å². The summed E-state index contributed by atoms with van der Waals surface area (Å²) in [6.07, 6.45) is 8.31. The summed E-state index contributed by atoms with van der Waals surface area (Å²) in [6.45, 7) is 2.55. The molecule has 2 aliphatic heterocycles. The molecule has 16 heavy (non-hydrogen) atoms. The Bertz CT molecular complexity index is 240. The number of methoxy groups -OCH3 is 1. The molecule has 3 heteroatoms. The third kappa shape index (κ3) is 2.76. The minimum absolute atomic E-state index is 0.0482. The lowest BCUT2D eigenvalue weighted by atomic mass is 9.81. The van der Waals surface area contributed by atoms with Crippen LogP contribution < -0.4 is 0 Å². The molecule has 3 nitrogen and oxygen atoms in total. The Hall–Kier alpha value is -0.570. The van der Waals surface area contributed by atoms with Crippen molar-refractivity contribution in [1.82, 2.24) is 4.90 Å². The molecule has 92 valence electrons. The molecule has 2 rings (SSSR count). The highest BCUT2D eigenvalue weighted by atomic mass is 16.5. The zero-order valence-corrected chi connectivity index (χ0v) is 10.3. The smallest absolute Gasteiger partial charge is 0.305 e. The molecule has 0 bridgehead atoms. The van der Waals surface area contributed by atoms with E-state index in [9.17, 15) is 4.79 Å². The maximum atomic E-state index is 11.2. The van der Waals surface area contributed by atoms with Crippen LogP contribution in [0.3, 0.4) is 0 Å². The molecule has 2 fully saturated rings. The summed E-state index contributed by atoms with van der Waals surface area (Å²) in [5, 5.41) is 0. The number of fused-ring (bicyclic) bond motifs is 1. The van der Waals surface area contributed by atoms with Crippen molar-refractivity contribution in [2.45, 2.75) is 51.0 Å². The Kier molecular flexibility index (Phi) is 4.22. The maximum absolute atomic E-state index is 11.2. The second-order valence-electron chi connectivity index (χ2n) is 5.12. The van der Waals surface area contributed by atoms with Crippen molar-refractivity contribution < 1.29 is 9.53 Å². The molecule has 0 spiro atoms. The molecule has 0 aromatic carbocycles. The Morgan fingerprint density at radius 2 is 2.06 bits per heavy atom. The first-order chi connectivity index (χ1) is 7.81. The van der Waals surface area contributed by atoms with Crippen LogP contribution in [0.5, 0.6) is 0 Å². The van der Waals surface area contributed by atoms with Crippen LogP contribution in [0.1, 0.15) is 44.9 Å². The minimum atomic E-state index is -0.0482. The summed E-state index contributed by atoms with van der Waals surface area (Å²) in [4.78, 5) is 13.8. The van der Waals surface area contributed by atoms with Gasteiger partial charge in [-0.15, -0.1) is 0 Å². The summed E-state index contributed by atoms with van der Waals surface area (Å²) < 4.78 is 4.72. The van der Waals surface area contributed by atoms with Gasteiger partial charge in [-0.05, 0) is 51.1 Å². The first-order valence-electron chi connectivity index (χ1n) is 6.62. The lowest BCUT2D eigenvalue weighted by Crippen LogP contribution is -2.47. The molecule has 0 unspecified atom stereocenters. The van der Waals surface area contributed by atoms with E-state index >= 15 is 0 Å². The van der Waals surface area contributed by atoms with Crippen LogP contribution in [-0.4, -0.2) is 37.1 Å². The molecule has 2 atom stereocenters. The second kappa shape index (κ2) is 5.67. The maximum Gasteiger partial charge on any atom is 0.305 e. The molecule has 2 heterocycles. The number of nitrogens with zero attached hydrogens (tertiary/aromatic N) is 1.